The van der Waals surface area contributed by atoms with Crippen LogP contribution in [0.25, 0.3) is 0 Å². The summed E-state index contributed by atoms with van der Waals surface area (Å²) in [6.45, 7) is 4.19. The standard InChI is InChI=1S/C15H20N2O/c1-2-14(18)17-12-15(8-4-3-5-9-15)13-6-10-16-11-7-13/h2,6-7,10-11H,1,3-5,8-9,12H2,(H,17,18). The van der Waals surface area contributed by atoms with Gasteiger partial charge in [-0.05, 0) is 36.6 Å². The molecule has 1 aromatic rings. The van der Waals surface area contributed by atoms with Crippen molar-refractivity contribution in [1.29, 1.82) is 0 Å². The van der Waals surface area contributed by atoms with Gasteiger partial charge in [-0.3, -0.25) is 9.78 Å². The molecular weight excluding hydrogens is 224 g/mol. The molecule has 0 aromatic carbocycles. The summed E-state index contributed by atoms with van der Waals surface area (Å²) in [6, 6.07) is 4.15. The summed E-state index contributed by atoms with van der Waals surface area (Å²) in [5.41, 5.74) is 1.38. The summed E-state index contributed by atoms with van der Waals surface area (Å²) < 4.78 is 0. The van der Waals surface area contributed by atoms with Gasteiger partial charge in [-0.15, -0.1) is 0 Å². The number of nitrogens with zero attached hydrogens (tertiary/aromatic N) is 1. The SMILES string of the molecule is C=CC(=O)NCC1(c2ccncc2)CCCCC1. The quantitative estimate of drug-likeness (QED) is 0.827. The smallest absolute Gasteiger partial charge is 0.243 e. The van der Waals surface area contributed by atoms with Crippen LogP contribution in [0.3, 0.4) is 0 Å². The molecule has 1 aromatic heterocycles. The maximum atomic E-state index is 11.4. The van der Waals surface area contributed by atoms with E-state index in [0.717, 1.165) is 12.8 Å². The largest absolute Gasteiger partial charge is 0.352 e. The fourth-order valence-corrected chi connectivity index (χ4v) is 2.83. The highest BCUT2D eigenvalue weighted by molar-refractivity contribution is 5.86. The van der Waals surface area contributed by atoms with Gasteiger partial charge >= 0.3 is 0 Å². The maximum Gasteiger partial charge on any atom is 0.243 e. The van der Waals surface area contributed by atoms with Gasteiger partial charge < -0.3 is 5.32 Å². The molecule has 1 N–H and O–H groups in total. The van der Waals surface area contributed by atoms with Gasteiger partial charge in [0.05, 0.1) is 0 Å². The first kappa shape index (κ1) is 12.8. The van der Waals surface area contributed by atoms with Gasteiger partial charge in [0.15, 0.2) is 0 Å². The normalized spacial score (nSPS) is 18.0. The van der Waals surface area contributed by atoms with E-state index in [9.17, 15) is 4.79 Å². The Morgan fingerprint density at radius 1 is 1.33 bits per heavy atom. The summed E-state index contributed by atoms with van der Waals surface area (Å²) in [4.78, 5) is 15.5. The highest BCUT2D eigenvalue weighted by Gasteiger charge is 2.33. The zero-order valence-electron chi connectivity index (χ0n) is 10.7. The average Bonchev–Trinajstić information content (AvgIpc) is 2.46. The Kier molecular flexibility index (Phi) is 4.13. The van der Waals surface area contributed by atoms with E-state index in [1.165, 1.54) is 30.9 Å². The summed E-state index contributed by atoms with van der Waals surface area (Å²) in [7, 11) is 0. The topological polar surface area (TPSA) is 42.0 Å². The molecule has 1 amide bonds. The van der Waals surface area contributed by atoms with Crippen LogP contribution >= 0.6 is 0 Å². The van der Waals surface area contributed by atoms with Gasteiger partial charge in [-0.25, -0.2) is 0 Å². The van der Waals surface area contributed by atoms with Crippen LogP contribution in [0.5, 0.6) is 0 Å². The molecule has 1 fully saturated rings. The fraction of sp³-hybridized carbons (Fsp3) is 0.467. The van der Waals surface area contributed by atoms with Gasteiger partial charge in [0.2, 0.25) is 5.91 Å². The molecule has 0 aliphatic heterocycles. The maximum absolute atomic E-state index is 11.4. The van der Waals surface area contributed by atoms with E-state index < -0.39 is 0 Å². The summed E-state index contributed by atoms with van der Waals surface area (Å²) in [5, 5.41) is 2.96. The Morgan fingerprint density at radius 2 is 2.00 bits per heavy atom. The summed E-state index contributed by atoms with van der Waals surface area (Å²) in [5.74, 6) is -0.0889. The molecule has 2 rings (SSSR count). The second kappa shape index (κ2) is 5.80. The first-order chi connectivity index (χ1) is 8.77. The van der Waals surface area contributed by atoms with Gasteiger partial charge in [0, 0.05) is 24.4 Å². The molecule has 1 aliphatic rings. The number of carbonyl (C=O) groups excluding carboxylic acids is 1. The van der Waals surface area contributed by atoms with Crippen molar-refractivity contribution in [2.75, 3.05) is 6.54 Å². The fourth-order valence-electron chi connectivity index (χ4n) is 2.83. The number of carbonyl (C=O) groups is 1. The second-order valence-corrected chi connectivity index (χ2v) is 5.00. The molecule has 18 heavy (non-hydrogen) atoms. The van der Waals surface area contributed by atoms with E-state index >= 15 is 0 Å². The Morgan fingerprint density at radius 3 is 2.61 bits per heavy atom. The van der Waals surface area contributed by atoms with Crippen molar-refractivity contribution in [1.82, 2.24) is 10.3 Å². The molecule has 3 heteroatoms. The third kappa shape index (κ3) is 2.78. The number of pyridine rings is 1. The van der Waals surface area contributed by atoms with E-state index in [2.05, 4.69) is 29.0 Å². The third-order valence-electron chi connectivity index (χ3n) is 3.89. The highest BCUT2D eigenvalue weighted by Crippen LogP contribution is 2.38. The Hall–Kier alpha value is -1.64. The van der Waals surface area contributed by atoms with Gasteiger partial charge in [-0.1, -0.05) is 25.8 Å². The van der Waals surface area contributed by atoms with Gasteiger partial charge in [0.1, 0.15) is 0 Å². The average molecular weight is 244 g/mol. The minimum absolute atomic E-state index is 0.0832. The number of rotatable bonds is 4. The number of aromatic nitrogens is 1. The summed E-state index contributed by atoms with van der Waals surface area (Å²) >= 11 is 0. The minimum Gasteiger partial charge on any atom is -0.352 e. The van der Waals surface area contributed by atoms with Crippen molar-refractivity contribution in [2.45, 2.75) is 37.5 Å². The first-order valence-corrected chi connectivity index (χ1v) is 6.58. The van der Waals surface area contributed by atoms with Crippen molar-refractivity contribution < 1.29 is 4.79 Å². The first-order valence-electron chi connectivity index (χ1n) is 6.58. The van der Waals surface area contributed by atoms with E-state index in [0.29, 0.717) is 6.54 Å². The van der Waals surface area contributed by atoms with E-state index in [-0.39, 0.29) is 11.3 Å². The van der Waals surface area contributed by atoms with Crippen LogP contribution in [0.2, 0.25) is 0 Å². The third-order valence-corrected chi connectivity index (χ3v) is 3.89. The lowest BCUT2D eigenvalue weighted by Gasteiger charge is -2.37. The van der Waals surface area contributed by atoms with Crippen LogP contribution in [-0.2, 0) is 10.2 Å². The molecule has 0 unspecified atom stereocenters. The number of amides is 1. The van der Waals surface area contributed by atoms with Crippen molar-refractivity contribution in [3.8, 4) is 0 Å². The van der Waals surface area contributed by atoms with Crippen molar-refractivity contribution >= 4 is 5.91 Å². The zero-order valence-corrected chi connectivity index (χ0v) is 10.7. The Labute approximate surface area is 108 Å². The van der Waals surface area contributed by atoms with Gasteiger partial charge in [0.25, 0.3) is 0 Å². The van der Waals surface area contributed by atoms with Crippen LogP contribution in [0.4, 0.5) is 0 Å². The lowest BCUT2D eigenvalue weighted by Crippen LogP contribution is -2.41. The van der Waals surface area contributed by atoms with E-state index in [4.69, 9.17) is 0 Å². The van der Waals surface area contributed by atoms with Crippen LogP contribution in [0.15, 0.2) is 37.2 Å². The van der Waals surface area contributed by atoms with Crippen LogP contribution in [0, 0.1) is 0 Å². The molecule has 0 radical (unpaired) electrons. The molecule has 3 nitrogen and oxygen atoms in total. The van der Waals surface area contributed by atoms with Crippen LogP contribution in [0.1, 0.15) is 37.7 Å². The van der Waals surface area contributed by atoms with E-state index in [1.807, 2.05) is 12.4 Å². The number of hydrogen-bond acceptors (Lipinski definition) is 2. The molecule has 0 bridgehead atoms. The molecule has 0 saturated heterocycles. The Bertz CT molecular complexity index is 408. The number of hydrogen-bond donors (Lipinski definition) is 1. The Balaban J connectivity index is 2.17. The molecule has 0 spiro atoms. The van der Waals surface area contributed by atoms with Crippen molar-refractivity contribution in [2.24, 2.45) is 0 Å². The van der Waals surface area contributed by atoms with Crippen LogP contribution < -0.4 is 5.32 Å². The molecule has 96 valence electrons. The molecule has 1 aliphatic carbocycles. The zero-order chi connectivity index (χ0) is 12.8. The van der Waals surface area contributed by atoms with Crippen LogP contribution in [-0.4, -0.2) is 17.4 Å². The minimum atomic E-state index is -0.0889. The summed E-state index contributed by atoms with van der Waals surface area (Å²) in [6.07, 6.45) is 11.0. The predicted molar refractivity (Wildman–Crippen MR) is 72.2 cm³/mol. The predicted octanol–water partition coefficient (Wildman–Crippen LogP) is 2.59. The second-order valence-electron chi connectivity index (χ2n) is 5.00. The van der Waals surface area contributed by atoms with Crippen molar-refractivity contribution in [3.05, 3.63) is 42.7 Å². The molecule has 1 saturated carbocycles. The number of nitrogens with one attached hydrogen (secondary N) is 1. The van der Waals surface area contributed by atoms with Gasteiger partial charge in [-0.2, -0.15) is 0 Å². The van der Waals surface area contributed by atoms with Crippen molar-refractivity contribution in [3.63, 3.8) is 0 Å². The monoisotopic (exact) mass is 244 g/mol. The molecular formula is C15H20N2O. The highest BCUT2D eigenvalue weighted by atomic mass is 16.1. The van der Waals surface area contributed by atoms with E-state index in [1.54, 1.807) is 0 Å². The molecule has 0 atom stereocenters. The molecule has 1 heterocycles. The lowest BCUT2D eigenvalue weighted by molar-refractivity contribution is -0.116. The lowest BCUT2D eigenvalue weighted by atomic mass is 9.69.